The smallest absolute Gasteiger partial charge is 0.241 e. The Bertz CT molecular complexity index is 1290. The Balaban J connectivity index is 1.11. The normalized spacial score (nSPS) is 24.0. The van der Waals surface area contributed by atoms with Crippen LogP contribution in [0.3, 0.4) is 0 Å². The van der Waals surface area contributed by atoms with E-state index in [0.29, 0.717) is 41.0 Å². The minimum Gasteiger partial charge on any atom is -0.369 e. The van der Waals surface area contributed by atoms with Crippen LogP contribution >= 0.6 is 0 Å². The van der Waals surface area contributed by atoms with Gasteiger partial charge in [0.15, 0.2) is 5.82 Å². The van der Waals surface area contributed by atoms with Crippen molar-refractivity contribution in [3.63, 3.8) is 0 Å². The number of nitrogen functional groups attached to an aromatic ring is 1. The standard InChI is InChI=1S/C27H34FN9/c28-22-15-19(7-8-23(22)36-13-9-20(10-14-36)35-11-1-2-12-35)31-27-32-26(29)34-37(27)25-24-18-5-3-17(4-6-18)21(24)16-30-33-25/h7-8,15-18,20H,1-6,9-14H2,(H3,29,31,32,34). The molecule has 4 heterocycles. The summed E-state index contributed by atoms with van der Waals surface area (Å²) in [6, 6.07) is 5.93. The van der Waals surface area contributed by atoms with Gasteiger partial charge >= 0.3 is 0 Å². The fourth-order valence-electron chi connectivity index (χ4n) is 7.10. The maximum absolute atomic E-state index is 15.3. The van der Waals surface area contributed by atoms with Crippen molar-refractivity contribution in [2.45, 2.75) is 69.2 Å². The van der Waals surface area contributed by atoms with Crippen molar-refractivity contribution in [3.05, 3.63) is 41.3 Å². The molecule has 2 aromatic heterocycles. The number of benzene rings is 1. The average Bonchev–Trinajstić information content (AvgIpc) is 3.59. The molecule has 3 fully saturated rings. The van der Waals surface area contributed by atoms with Crippen molar-refractivity contribution in [1.29, 1.82) is 0 Å². The molecule has 3 aliphatic carbocycles. The van der Waals surface area contributed by atoms with Gasteiger partial charge in [0.1, 0.15) is 5.82 Å². The maximum atomic E-state index is 15.3. The van der Waals surface area contributed by atoms with Gasteiger partial charge < -0.3 is 20.9 Å². The number of anilines is 4. The van der Waals surface area contributed by atoms with Crippen LogP contribution in [0.25, 0.3) is 5.82 Å². The number of hydrogen-bond donors (Lipinski definition) is 2. The molecular weight excluding hydrogens is 469 g/mol. The zero-order valence-electron chi connectivity index (χ0n) is 21.1. The molecule has 37 heavy (non-hydrogen) atoms. The first-order valence-electron chi connectivity index (χ1n) is 13.8. The number of piperidine rings is 1. The molecule has 2 saturated heterocycles. The summed E-state index contributed by atoms with van der Waals surface area (Å²) in [4.78, 5) is 9.18. The highest BCUT2D eigenvalue weighted by molar-refractivity contribution is 5.62. The summed E-state index contributed by atoms with van der Waals surface area (Å²) in [6.07, 6.45) is 11.4. The lowest BCUT2D eigenvalue weighted by Crippen LogP contribution is -2.44. The molecule has 8 rings (SSSR count). The van der Waals surface area contributed by atoms with Gasteiger partial charge in [-0.15, -0.1) is 10.2 Å². The van der Waals surface area contributed by atoms with E-state index in [4.69, 9.17) is 5.73 Å². The van der Waals surface area contributed by atoms with Crippen molar-refractivity contribution in [2.75, 3.05) is 42.1 Å². The second-order valence-electron chi connectivity index (χ2n) is 11.0. The van der Waals surface area contributed by atoms with Crippen LogP contribution in [0, 0.1) is 5.82 Å². The molecule has 10 heteroatoms. The molecule has 3 aromatic rings. The number of likely N-dealkylation sites (tertiary alicyclic amines) is 1. The fourth-order valence-corrected chi connectivity index (χ4v) is 7.10. The molecule has 194 valence electrons. The second kappa shape index (κ2) is 9.24. The number of nitrogens with two attached hydrogens (primary N) is 1. The van der Waals surface area contributed by atoms with E-state index < -0.39 is 0 Å². The van der Waals surface area contributed by atoms with Gasteiger partial charge in [-0.05, 0) is 100 Å². The lowest BCUT2D eigenvalue weighted by molar-refractivity contribution is 0.207. The first kappa shape index (κ1) is 22.9. The largest absolute Gasteiger partial charge is 0.369 e. The maximum Gasteiger partial charge on any atom is 0.241 e. The fraction of sp³-hybridized carbons (Fsp3) is 0.556. The summed E-state index contributed by atoms with van der Waals surface area (Å²) in [6.45, 7) is 4.20. The van der Waals surface area contributed by atoms with Crippen molar-refractivity contribution >= 4 is 23.3 Å². The van der Waals surface area contributed by atoms with E-state index in [2.05, 4.69) is 35.4 Å². The minimum atomic E-state index is -0.238. The van der Waals surface area contributed by atoms with E-state index in [1.807, 2.05) is 18.3 Å². The van der Waals surface area contributed by atoms with E-state index >= 15 is 4.39 Å². The molecule has 1 saturated carbocycles. The van der Waals surface area contributed by atoms with Crippen molar-refractivity contribution < 1.29 is 4.39 Å². The first-order chi connectivity index (χ1) is 18.1. The number of rotatable bonds is 5. The van der Waals surface area contributed by atoms with Crippen LogP contribution in [0.15, 0.2) is 24.4 Å². The van der Waals surface area contributed by atoms with Crippen LogP contribution in [0.2, 0.25) is 0 Å². The van der Waals surface area contributed by atoms with Crippen LogP contribution in [0.4, 0.5) is 27.7 Å². The van der Waals surface area contributed by atoms with E-state index in [-0.39, 0.29) is 11.8 Å². The van der Waals surface area contributed by atoms with Crippen LogP contribution in [0.1, 0.15) is 74.3 Å². The Morgan fingerprint density at radius 1 is 0.946 bits per heavy atom. The van der Waals surface area contributed by atoms with E-state index in [1.165, 1.54) is 56.0 Å². The molecule has 0 radical (unpaired) electrons. The lowest BCUT2D eigenvalue weighted by Gasteiger charge is -2.38. The molecule has 0 atom stereocenters. The Kier molecular flexibility index (Phi) is 5.71. The number of nitrogens with zero attached hydrogens (tertiary/aromatic N) is 7. The predicted molar refractivity (Wildman–Crippen MR) is 141 cm³/mol. The molecule has 0 unspecified atom stereocenters. The average molecular weight is 504 g/mol. The molecule has 3 N–H and O–H groups in total. The summed E-state index contributed by atoms with van der Waals surface area (Å²) in [5, 5.41) is 16.4. The van der Waals surface area contributed by atoms with Gasteiger partial charge in [0.2, 0.25) is 11.9 Å². The van der Waals surface area contributed by atoms with Crippen LogP contribution < -0.4 is 16.0 Å². The first-order valence-corrected chi connectivity index (χ1v) is 13.8. The highest BCUT2D eigenvalue weighted by Gasteiger charge is 2.37. The van der Waals surface area contributed by atoms with Crippen LogP contribution in [0.5, 0.6) is 0 Å². The summed E-state index contributed by atoms with van der Waals surface area (Å²) >= 11 is 0. The number of halogens is 1. The quantitative estimate of drug-likeness (QED) is 0.530. The molecule has 2 bridgehead atoms. The Morgan fingerprint density at radius 3 is 2.46 bits per heavy atom. The summed E-state index contributed by atoms with van der Waals surface area (Å²) in [7, 11) is 0. The summed E-state index contributed by atoms with van der Waals surface area (Å²) < 4.78 is 16.9. The highest BCUT2D eigenvalue weighted by Crippen LogP contribution is 2.50. The SMILES string of the molecule is Nc1nc(Nc2ccc(N3CCC(N4CCCC4)CC3)c(F)c2)n(-c2nncc3c2C2CCC3CC2)n1. The Morgan fingerprint density at radius 2 is 1.70 bits per heavy atom. The summed E-state index contributed by atoms with van der Waals surface area (Å²) in [5.41, 5.74) is 9.76. The molecular formula is C27H34FN9. The van der Waals surface area contributed by atoms with Gasteiger partial charge in [-0.1, -0.05) is 0 Å². The molecule has 2 aliphatic heterocycles. The van der Waals surface area contributed by atoms with Crippen molar-refractivity contribution in [1.82, 2.24) is 29.9 Å². The van der Waals surface area contributed by atoms with E-state index in [9.17, 15) is 0 Å². The number of nitrogens with one attached hydrogen (secondary N) is 1. The molecule has 0 spiro atoms. The third kappa shape index (κ3) is 4.11. The summed E-state index contributed by atoms with van der Waals surface area (Å²) in [5.74, 6) is 1.99. The Labute approximate surface area is 216 Å². The molecule has 1 aromatic carbocycles. The Hall–Kier alpha value is -3.27. The van der Waals surface area contributed by atoms with Gasteiger partial charge in [0.05, 0.1) is 11.9 Å². The zero-order chi connectivity index (χ0) is 24.9. The predicted octanol–water partition coefficient (Wildman–Crippen LogP) is 4.34. The van der Waals surface area contributed by atoms with Crippen LogP contribution in [-0.2, 0) is 0 Å². The third-order valence-corrected chi connectivity index (χ3v) is 8.97. The third-order valence-electron chi connectivity index (χ3n) is 8.97. The highest BCUT2D eigenvalue weighted by atomic mass is 19.1. The van der Waals surface area contributed by atoms with Gasteiger partial charge in [-0.2, -0.15) is 14.8 Å². The number of fused-ring (bicyclic) bond motifs is 2. The minimum absolute atomic E-state index is 0.140. The van der Waals surface area contributed by atoms with E-state index in [0.717, 1.165) is 38.8 Å². The van der Waals surface area contributed by atoms with E-state index in [1.54, 1.807) is 4.68 Å². The number of aromatic nitrogens is 5. The van der Waals surface area contributed by atoms with Gasteiger partial charge in [0, 0.05) is 30.4 Å². The zero-order valence-corrected chi connectivity index (χ0v) is 21.1. The van der Waals surface area contributed by atoms with Crippen LogP contribution in [-0.4, -0.2) is 62.1 Å². The lowest BCUT2D eigenvalue weighted by atomic mass is 9.68. The van der Waals surface area contributed by atoms with Gasteiger partial charge in [0.25, 0.3) is 0 Å². The molecule has 0 amide bonds. The molecule has 9 nitrogen and oxygen atoms in total. The van der Waals surface area contributed by atoms with Crippen molar-refractivity contribution in [3.8, 4) is 5.82 Å². The topological polar surface area (TPSA) is 101 Å². The second-order valence-corrected chi connectivity index (χ2v) is 11.0. The van der Waals surface area contributed by atoms with Crippen molar-refractivity contribution in [2.24, 2.45) is 0 Å². The monoisotopic (exact) mass is 503 g/mol. The van der Waals surface area contributed by atoms with Gasteiger partial charge in [-0.3, -0.25) is 0 Å². The van der Waals surface area contributed by atoms with Gasteiger partial charge in [-0.25, -0.2) is 4.39 Å². The molecule has 5 aliphatic rings. The number of hydrogen-bond acceptors (Lipinski definition) is 8.